The Balaban J connectivity index is 1.90. The zero-order chi connectivity index (χ0) is 29.1. The lowest BCUT2D eigenvalue weighted by Crippen LogP contribution is -2.54. The highest BCUT2D eigenvalue weighted by Crippen LogP contribution is 2.45. The van der Waals surface area contributed by atoms with E-state index >= 15 is 4.39 Å². The van der Waals surface area contributed by atoms with Crippen molar-refractivity contribution < 1.29 is 23.8 Å². The number of piperidine rings is 1. The molecule has 2 aromatic carbocycles. The lowest BCUT2D eigenvalue weighted by atomic mass is 9.73. The van der Waals surface area contributed by atoms with Gasteiger partial charge in [0.2, 0.25) is 0 Å². The van der Waals surface area contributed by atoms with Crippen LogP contribution in [-0.2, 0) is 10.3 Å². The third kappa shape index (κ3) is 8.66. The summed E-state index contributed by atoms with van der Waals surface area (Å²) >= 11 is 0. The number of likely N-dealkylation sites (N-methyl/N-ethyl adjacent to an activating group) is 1. The molecule has 2 amide bonds. The van der Waals surface area contributed by atoms with E-state index in [9.17, 15) is 9.90 Å². The molecule has 0 aliphatic carbocycles. The summed E-state index contributed by atoms with van der Waals surface area (Å²) < 4.78 is 26.7. The molecule has 1 aliphatic heterocycles. The first-order valence-electron chi connectivity index (χ1n) is 14.6. The Labute approximate surface area is 239 Å². The minimum atomic E-state index is -1.39. The van der Waals surface area contributed by atoms with E-state index in [2.05, 4.69) is 24.5 Å². The first kappa shape index (κ1) is 31.8. The number of aliphatic hydroxyl groups is 1. The summed E-state index contributed by atoms with van der Waals surface area (Å²) in [6, 6.07) is 12.0. The van der Waals surface area contributed by atoms with Crippen LogP contribution in [0.25, 0.3) is 0 Å². The molecule has 8 heteroatoms. The SMILES string of the molecule is CNC[C@H](CC(C)C)NC(=O)N1CCC[C@@H]([C@@](O)(CCCCOC)c2cccc(F)c2Oc2ccc(C)cc2)C1. The minimum absolute atomic E-state index is 0.0172. The Bertz CT molecular complexity index is 1060. The van der Waals surface area contributed by atoms with Gasteiger partial charge in [-0.15, -0.1) is 0 Å². The number of rotatable bonds is 14. The quantitative estimate of drug-likeness (QED) is 0.249. The summed E-state index contributed by atoms with van der Waals surface area (Å²) in [4.78, 5) is 15.2. The number of amides is 2. The van der Waals surface area contributed by atoms with Gasteiger partial charge in [0.25, 0.3) is 0 Å². The highest BCUT2D eigenvalue weighted by atomic mass is 19.1. The van der Waals surface area contributed by atoms with E-state index < -0.39 is 11.4 Å². The number of nitrogens with zero attached hydrogens (tertiary/aromatic N) is 1. The topological polar surface area (TPSA) is 83.1 Å². The number of hydrogen-bond donors (Lipinski definition) is 3. The van der Waals surface area contributed by atoms with Gasteiger partial charge in [0.1, 0.15) is 5.75 Å². The van der Waals surface area contributed by atoms with Crippen LogP contribution in [0.1, 0.15) is 63.5 Å². The average molecular weight is 558 g/mol. The molecular weight excluding hydrogens is 509 g/mol. The van der Waals surface area contributed by atoms with Crippen LogP contribution >= 0.6 is 0 Å². The van der Waals surface area contributed by atoms with Gasteiger partial charge in [-0.2, -0.15) is 0 Å². The molecule has 3 N–H and O–H groups in total. The largest absolute Gasteiger partial charge is 0.454 e. The van der Waals surface area contributed by atoms with Gasteiger partial charge >= 0.3 is 6.03 Å². The molecule has 222 valence electrons. The minimum Gasteiger partial charge on any atom is -0.454 e. The highest BCUT2D eigenvalue weighted by molar-refractivity contribution is 5.74. The predicted octanol–water partition coefficient (Wildman–Crippen LogP) is 5.99. The van der Waals surface area contributed by atoms with E-state index in [-0.39, 0.29) is 23.7 Å². The summed E-state index contributed by atoms with van der Waals surface area (Å²) in [7, 11) is 3.54. The van der Waals surface area contributed by atoms with E-state index in [0.717, 1.165) is 31.2 Å². The van der Waals surface area contributed by atoms with Crippen LogP contribution in [0.5, 0.6) is 11.5 Å². The van der Waals surface area contributed by atoms with Gasteiger partial charge in [0, 0.05) is 50.9 Å². The Morgan fingerprint density at radius 2 is 1.95 bits per heavy atom. The molecule has 2 aromatic rings. The van der Waals surface area contributed by atoms with Crippen molar-refractivity contribution in [2.45, 2.75) is 70.9 Å². The second-order valence-corrected chi connectivity index (χ2v) is 11.5. The van der Waals surface area contributed by atoms with Gasteiger partial charge < -0.3 is 30.1 Å². The van der Waals surface area contributed by atoms with Gasteiger partial charge in [0.05, 0.1) is 5.60 Å². The molecule has 40 heavy (non-hydrogen) atoms. The summed E-state index contributed by atoms with van der Waals surface area (Å²) in [5.74, 6) is 0.175. The molecule has 3 atom stereocenters. The van der Waals surface area contributed by atoms with Gasteiger partial charge in [-0.05, 0) is 76.6 Å². The number of carbonyl (C=O) groups excluding carboxylic acids is 1. The van der Waals surface area contributed by atoms with Crippen LogP contribution in [0.2, 0.25) is 0 Å². The first-order valence-corrected chi connectivity index (χ1v) is 14.6. The fraction of sp³-hybridized carbons (Fsp3) is 0.594. The molecule has 7 nitrogen and oxygen atoms in total. The normalized spacial score (nSPS) is 17.9. The molecule has 0 radical (unpaired) electrons. The molecule has 0 spiro atoms. The Hall–Kier alpha value is -2.68. The van der Waals surface area contributed by atoms with Gasteiger partial charge in [-0.25, -0.2) is 9.18 Å². The number of para-hydroxylation sites is 1. The van der Waals surface area contributed by atoms with E-state index in [0.29, 0.717) is 56.3 Å². The van der Waals surface area contributed by atoms with Crippen molar-refractivity contribution in [3.63, 3.8) is 0 Å². The van der Waals surface area contributed by atoms with Gasteiger partial charge in [-0.3, -0.25) is 0 Å². The molecule has 0 aromatic heterocycles. The van der Waals surface area contributed by atoms with Crippen molar-refractivity contribution in [1.29, 1.82) is 0 Å². The van der Waals surface area contributed by atoms with Crippen LogP contribution in [0.3, 0.4) is 0 Å². The summed E-state index contributed by atoms with van der Waals surface area (Å²) in [5.41, 5.74) is 0.101. The Morgan fingerprint density at radius 3 is 2.62 bits per heavy atom. The van der Waals surface area contributed by atoms with Gasteiger partial charge in [0.15, 0.2) is 11.6 Å². The third-order valence-corrected chi connectivity index (χ3v) is 7.75. The number of urea groups is 1. The third-order valence-electron chi connectivity index (χ3n) is 7.75. The van der Waals surface area contributed by atoms with E-state index in [4.69, 9.17) is 9.47 Å². The average Bonchev–Trinajstić information content (AvgIpc) is 2.93. The molecule has 3 rings (SSSR count). The standard InChI is InChI=1S/C32H48FN3O4/c1-23(2)20-26(21-34-4)35-31(37)36-18-9-10-25(22-36)32(38,17-6-7-19-39-5)28-11-8-12-29(33)30(28)40-27-15-13-24(3)14-16-27/h8,11-16,23,25-26,34,38H,6-7,9-10,17-22H2,1-5H3,(H,35,37)/t25-,26+,32+/m1/s1. The molecular formula is C32H48FN3O4. The number of hydrogen-bond acceptors (Lipinski definition) is 5. The molecule has 1 heterocycles. The molecule has 1 aliphatic rings. The van der Waals surface area contributed by atoms with E-state index in [1.807, 2.05) is 26.1 Å². The first-order chi connectivity index (χ1) is 19.2. The van der Waals surface area contributed by atoms with Crippen molar-refractivity contribution in [3.8, 4) is 11.5 Å². The molecule has 0 unspecified atom stereocenters. The lowest BCUT2D eigenvalue weighted by Gasteiger charge is -2.43. The van der Waals surface area contributed by atoms with E-state index in [1.54, 1.807) is 36.3 Å². The monoisotopic (exact) mass is 557 g/mol. The van der Waals surface area contributed by atoms with Crippen molar-refractivity contribution in [1.82, 2.24) is 15.5 Å². The highest BCUT2D eigenvalue weighted by Gasteiger charge is 2.43. The smallest absolute Gasteiger partial charge is 0.317 e. The number of halogens is 1. The number of benzene rings is 2. The number of nitrogens with one attached hydrogen (secondary N) is 2. The lowest BCUT2D eigenvalue weighted by molar-refractivity contribution is -0.0577. The van der Waals surface area contributed by atoms with Crippen molar-refractivity contribution in [2.75, 3.05) is 40.4 Å². The maximum atomic E-state index is 15.3. The second kappa shape index (κ2) is 15.4. The second-order valence-electron chi connectivity index (χ2n) is 11.5. The molecule has 0 bridgehead atoms. The number of carbonyl (C=O) groups is 1. The van der Waals surface area contributed by atoms with Crippen LogP contribution in [0.15, 0.2) is 42.5 Å². The van der Waals surface area contributed by atoms with Crippen molar-refractivity contribution in [3.05, 3.63) is 59.4 Å². The fourth-order valence-corrected chi connectivity index (χ4v) is 5.70. The van der Waals surface area contributed by atoms with Crippen molar-refractivity contribution >= 4 is 6.03 Å². The zero-order valence-corrected chi connectivity index (χ0v) is 24.8. The maximum Gasteiger partial charge on any atom is 0.317 e. The maximum absolute atomic E-state index is 15.3. The number of likely N-dealkylation sites (tertiary alicyclic amines) is 1. The van der Waals surface area contributed by atoms with Crippen LogP contribution in [-0.4, -0.2) is 62.5 Å². The molecule has 0 saturated carbocycles. The number of ether oxygens (including phenoxy) is 2. The summed E-state index contributed by atoms with van der Waals surface area (Å²) in [6.45, 7) is 8.52. The van der Waals surface area contributed by atoms with E-state index in [1.165, 1.54) is 6.07 Å². The van der Waals surface area contributed by atoms with Crippen LogP contribution in [0, 0.1) is 24.6 Å². The molecule has 1 saturated heterocycles. The Kier molecular flexibility index (Phi) is 12.2. The van der Waals surface area contributed by atoms with Gasteiger partial charge in [-0.1, -0.05) is 43.7 Å². The number of unbranched alkanes of at least 4 members (excludes halogenated alkanes) is 1. The van der Waals surface area contributed by atoms with Crippen LogP contribution < -0.4 is 15.4 Å². The zero-order valence-electron chi connectivity index (χ0n) is 24.8. The molecule has 1 fully saturated rings. The van der Waals surface area contributed by atoms with Crippen molar-refractivity contribution in [2.24, 2.45) is 11.8 Å². The summed E-state index contributed by atoms with van der Waals surface area (Å²) in [5, 5.41) is 18.8. The number of aryl methyl sites for hydroxylation is 1. The fourth-order valence-electron chi connectivity index (χ4n) is 5.70. The predicted molar refractivity (Wildman–Crippen MR) is 157 cm³/mol. The number of methoxy groups -OCH3 is 1. The van der Waals surface area contributed by atoms with Crippen LogP contribution in [0.4, 0.5) is 9.18 Å². The Morgan fingerprint density at radius 1 is 1.20 bits per heavy atom. The summed E-state index contributed by atoms with van der Waals surface area (Å²) in [6.07, 6.45) is 4.20.